The molecule has 1 aliphatic rings. The Labute approximate surface area is 191 Å². The van der Waals surface area contributed by atoms with Crippen molar-refractivity contribution in [3.05, 3.63) is 59.7 Å². The number of hydrogen-bond donors (Lipinski definition) is 2. The lowest BCUT2D eigenvalue weighted by molar-refractivity contribution is -0.116. The van der Waals surface area contributed by atoms with Gasteiger partial charge in [0.2, 0.25) is 15.9 Å². The highest BCUT2D eigenvalue weighted by atomic mass is 32.2. The van der Waals surface area contributed by atoms with E-state index in [1.165, 1.54) is 19.1 Å². The highest BCUT2D eigenvalue weighted by Crippen LogP contribution is 2.24. The molecule has 2 amide bonds. The Morgan fingerprint density at radius 2 is 1.91 bits per heavy atom. The molecule has 0 spiro atoms. The average Bonchev–Trinajstić information content (AvgIpc) is 3.27. The minimum absolute atomic E-state index is 0.0600. The highest BCUT2D eigenvalue weighted by Gasteiger charge is 2.30. The first-order valence-corrected chi connectivity index (χ1v) is 12.2. The fourth-order valence-corrected chi connectivity index (χ4v) is 4.73. The lowest BCUT2D eigenvalue weighted by Crippen LogP contribution is -2.45. The minimum atomic E-state index is -4.04. The fourth-order valence-electron chi connectivity index (χ4n) is 3.57. The number of ether oxygens (including phenoxy) is 1. The molecule has 1 saturated heterocycles. The molecule has 0 saturated carbocycles. The molecule has 0 radical (unpaired) electrons. The van der Waals surface area contributed by atoms with Crippen LogP contribution in [0.4, 0.5) is 20.2 Å². The number of benzene rings is 2. The average molecular weight is 482 g/mol. The number of carbonyl (C=O) groups is 2. The molecule has 0 bridgehead atoms. The summed E-state index contributed by atoms with van der Waals surface area (Å²) in [6.45, 7) is 2.28. The summed E-state index contributed by atoms with van der Waals surface area (Å²) in [5.74, 6) is -3.58. The van der Waals surface area contributed by atoms with Crippen molar-refractivity contribution in [2.45, 2.75) is 31.9 Å². The van der Waals surface area contributed by atoms with Gasteiger partial charge >= 0.3 is 0 Å². The van der Waals surface area contributed by atoms with Crippen LogP contribution < -0.4 is 14.9 Å². The number of nitrogens with zero attached hydrogens (tertiary/aromatic N) is 1. The molecule has 2 N–H and O–H groups in total. The molecule has 0 unspecified atom stereocenters. The molecule has 1 aliphatic heterocycles. The van der Waals surface area contributed by atoms with Crippen LogP contribution in [0.25, 0.3) is 0 Å². The van der Waals surface area contributed by atoms with Gasteiger partial charge in [0.15, 0.2) is 11.6 Å². The number of amides is 2. The summed E-state index contributed by atoms with van der Waals surface area (Å²) in [5, 5.41) is 5.33. The van der Waals surface area contributed by atoms with E-state index in [-0.39, 0.29) is 23.0 Å². The molecule has 2 aromatic rings. The van der Waals surface area contributed by atoms with Gasteiger partial charge in [-0.25, -0.2) is 17.2 Å². The second-order valence-electron chi connectivity index (χ2n) is 7.71. The summed E-state index contributed by atoms with van der Waals surface area (Å²) in [4.78, 5) is 25.6. The van der Waals surface area contributed by atoms with Crippen LogP contribution in [0, 0.1) is 11.6 Å². The maximum atomic E-state index is 13.7. The van der Waals surface area contributed by atoms with E-state index in [2.05, 4.69) is 10.6 Å². The van der Waals surface area contributed by atoms with Crippen molar-refractivity contribution >= 4 is 33.2 Å². The van der Waals surface area contributed by atoms with Crippen LogP contribution >= 0.6 is 0 Å². The van der Waals surface area contributed by atoms with Crippen molar-refractivity contribution in [3.63, 3.8) is 0 Å². The zero-order valence-corrected chi connectivity index (χ0v) is 19.0. The molecule has 1 fully saturated rings. The van der Waals surface area contributed by atoms with E-state index in [0.717, 1.165) is 31.2 Å². The Kier molecular flexibility index (Phi) is 7.65. The van der Waals surface area contributed by atoms with Crippen molar-refractivity contribution < 1.29 is 31.5 Å². The molecular weight excluding hydrogens is 456 g/mol. The zero-order valence-electron chi connectivity index (χ0n) is 18.2. The van der Waals surface area contributed by atoms with Crippen molar-refractivity contribution in [3.8, 4) is 0 Å². The van der Waals surface area contributed by atoms with E-state index >= 15 is 0 Å². The lowest BCUT2D eigenvalue weighted by Gasteiger charge is -2.28. The predicted molar refractivity (Wildman–Crippen MR) is 120 cm³/mol. The van der Waals surface area contributed by atoms with Gasteiger partial charge in [0.25, 0.3) is 5.91 Å². The minimum Gasteiger partial charge on any atom is -0.376 e. The normalized spacial score (nSPS) is 16.8. The third-order valence-electron chi connectivity index (χ3n) is 5.19. The van der Waals surface area contributed by atoms with Crippen LogP contribution in [0.1, 0.15) is 30.1 Å². The maximum Gasteiger partial charge on any atom is 0.253 e. The summed E-state index contributed by atoms with van der Waals surface area (Å²) >= 11 is 0. The van der Waals surface area contributed by atoms with Gasteiger partial charge in [-0.05, 0) is 44.0 Å². The van der Waals surface area contributed by atoms with Crippen LogP contribution in [0.5, 0.6) is 0 Å². The summed E-state index contributed by atoms with van der Waals surface area (Å²) in [6, 6.07) is 7.49. The van der Waals surface area contributed by atoms with Gasteiger partial charge < -0.3 is 15.4 Å². The first kappa shape index (κ1) is 24.6. The van der Waals surface area contributed by atoms with Gasteiger partial charge in [0, 0.05) is 19.2 Å². The van der Waals surface area contributed by atoms with E-state index in [4.69, 9.17) is 4.74 Å². The van der Waals surface area contributed by atoms with Crippen LogP contribution in [-0.4, -0.2) is 51.8 Å². The smallest absolute Gasteiger partial charge is 0.253 e. The molecule has 2 atom stereocenters. The molecule has 0 aromatic heterocycles. The molecule has 33 heavy (non-hydrogen) atoms. The van der Waals surface area contributed by atoms with Crippen molar-refractivity contribution in [1.82, 2.24) is 5.32 Å². The molecule has 8 nitrogen and oxygen atoms in total. The van der Waals surface area contributed by atoms with E-state index in [9.17, 15) is 26.8 Å². The number of anilines is 2. The van der Waals surface area contributed by atoms with Gasteiger partial charge in [-0.1, -0.05) is 12.1 Å². The van der Waals surface area contributed by atoms with Gasteiger partial charge in [0.05, 0.1) is 29.3 Å². The van der Waals surface area contributed by atoms with Gasteiger partial charge in [-0.2, -0.15) is 0 Å². The Morgan fingerprint density at radius 1 is 1.18 bits per heavy atom. The van der Waals surface area contributed by atoms with E-state index < -0.39 is 39.5 Å². The first-order chi connectivity index (χ1) is 15.6. The summed E-state index contributed by atoms with van der Waals surface area (Å²) in [7, 11) is -4.04. The Bertz CT molecular complexity index is 1140. The standard InChI is InChI=1S/C22H25F2N3O5S/c1-14(27(33(2,30)31)15-9-10-18(23)19(24)12-15)21(28)26-20-8-4-3-7-17(20)22(29)25-13-16-6-5-11-32-16/h3-4,7-10,12,14,16H,5-6,11,13H2,1-2H3,(H,25,29)(H,26,28)/t14-,16-/m0/s1. The summed E-state index contributed by atoms with van der Waals surface area (Å²) in [5.41, 5.74) is 0.161. The third kappa shape index (κ3) is 6.05. The van der Waals surface area contributed by atoms with Gasteiger partial charge in [-0.3, -0.25) is 13.9 Å². The Hall–Kier alpha value is -3.05. The Morgan fingerprint density at radius 3 is 2.55 bits per heavy atom. The predicted octanol–water partition coefficient (Wildman–Crippen LogP) is 2.67. The second-order valence-corrected chi connectivity index (χ2v) is 9.57. The lowest BCUT2D eigenvalue weighted by atomic mass is 10.1. The fraction of sp³-hybridized carbons (Fsp3) is 0.364. The quantitative estimate of drug-likeness (QED) is 0.603. The number of para-hydroxylation sites is 1. The molecular formula is C22H25F2N3O5S. The van der Waals surface area contributed by atoms with Crippen molar-refractivity contribution in [1.29, 1.82) is 0 Å². The van der Waals surface area contributed by atoms with Crippen LogP contribution in [0.15, 0.2) is 42.5 Å². The van der Waals surface area contributed by atoms with Crippen LogP contribution in [0.2, 0.25) is 0 Å². The largest absolute Gasteiger partial charge is 0.376 e. The van der Waals surface area contributed by atoms with E-state index in [1.807, 2.05) is 0 Å². The SMILES string of the molecule is C[C@@H](C(=O)Nc1ccccc1C(=O)NC[C@@H]1CCCO1)N(c1ccc(F)c(F)c1)S(C)(=O)=O. The molecule has 3 rings (SSSR count). The monoisotopic (exact) mass is 481 g/mol. The number of hydrogen-bond acceptors (Lipinski definition) is 5. The summed E-state index contributed by atoms with van der Waals surface area (Å²) < 4.78 is 57.9. The van der Waals surface area contributed by atoms with Crippen LogP contribution in [-0.2, 0) is 19.6 Å². The number of carbonyl (C=O) groups excluding carboxylic acids is 2. The molecule has 11 heteroatoms. The number of rotatable bonds is 8. The molecule has 0 aliphatic carbocycles. The summed E-state index contributed by atoms with van der Waals surface area (Å²) in [6.07, 6.45) is 2.57. The maximum absolute atomic E-state index is 13.7. The van der Waals surface area contributed by atoms with E-state index in [0.29, 0.717) is 23.5 Å². The van der Waals surface area contributed by atoms with Crippen molar-refractivity contribution in [2.75, 3.05) is 29.0 Å². The zero-order chi connectivity index (χ0) is 24.2. The molecule has 1 heterocycles. The highest BCUT2D eigenvalue weighted by molar-refractivity contribution is 7.92. The van der Waals surface area contributed by atoms with Gasteiger partial charge in [-0.15, -0.1) is 0 Å². The van der Waals surface area contributed by atoms with Gasteiger partial charge in [0.1, 0.15) is 6.04 Å². The Balaban J connectivity index is 1.79. The topological polar surface area (TPSA) is 105 Å². The number of halogens is 2. The van der Waals surface area contributed by atoms with Crippen molar-refractivity contribution in [2.24, 2.45) is 0 Å². The number of nitrogens with one attached hydrogen (secondary N) is 2. The first-order valence-electron chi connectivity index (χ1n) is 10.3. The molecule has 178 valence electrons. The third-order valence-corrected chi connectivity index (χ3v) is 6.43. The van der Waals surface area contributed by atoms with Crippen LogP contribution in [0.3, 0.4) is 0 Å². The second kappa shape index (κ2) is 10.3. The number of sulfonamides is 1. The molecule has 2 aromatic carbocycles. The van der Waals surface area contributed by atoms with E-state index in [1.54, 1.807) is 12.1 Å².